The number of methoxy groups -OCH3 is 1. The van der Waals surface area contributed by atoms with Crippen LogP contribution in [0.25, 0.3) is 0 Å². The van der Waals surface area contributed by atoms with E-state index in [-0.39, 0.29) is 0 Å². The van der Waals surface area contributed by atoms with Crippen LogP contribution in [0.3, 0.4) is 0 Å². The van der Waals surface area contributed by atoms with Crippen molar-refractivity contribution in [2.24, 2.45) is 0 Å². The fourth-order valence-corrected chi connectivity index (χ4v) is 2.09. The fraction of sp³-hybridized carbons (Fsp3) is 0.214. The molecule has 0 radical (unpaired) electrons. The van der Waals surface area contributed by atoms with Crippen LogP contribution in [0, 0.1) is 11.3 Å². The summed E-state index contributed by atoms with van der Waals surface area (Å²) in [6.45, 7) is 0. The maximum atomic E-state index is 8.92. The van der Waals surface area contributed by atoms with Gasteiger partial charge >= 0.3 is 0 Å². The monoisotopic (exact) mass is 301 g/mol. The molecule has 6 nitrogen and oxygen atoms in total. The molecule has 0 saturated heterocycles. The van der Waals surface area contributed by atoms with E-state index in [2.05, 4.69) is 26.7 Å². The van der Waals surface area contributed by atoms with Gasteiger partial charge in [0, 0.05) is 19.2 Å². The molecule has 0 spiro atoms. The molecule has 0 unspecified atom stereocenters. The second-order valence-electron chi connectivity index (χ2n) is 4.03. The van der Waals surface area contributed by atoms with E-state index in [4.69, 9.17) is 10.00 Å². The Kier molecular flexibility index (Phi) is 4.85. The molecule has 1 heterocycles. The molecule has 0 aliphatic carbocycles. The lowest BCUT2D eigenvalue weighted by Gasteiger charge is -2.12. The average molecular weight is 301 g/mol. The largest absolute Gasteiger partial charge is 0.495 e. The van der Waals surface area contributed by atoms with Crippen molar-refractivity contribution in [1.29, 1.82) is 5.26 Å². The second kappa shape index (κ2) is 6.81. The predicted octanol–water partition coefficient (Wildman–Crippen LogP) is 2.86. The molecule has 2 rings (SSSR count). The summed E-state index contributed by atoms with van der Waals surface area (Å²) >= 11 is 1.46. The predicted molar refractivity (Wildman–Crippen MR) is 84.4 cm³/mol. The molecule has 1 aromatic heterocycles. The standard InChI is InChI=1S/C14H15N5OS/c1-16-12-7-13(19-14(18-12)21-3)17-10-5-4-9(8-15)6-11(10)20-2/h4-7H,1-3H3,(H2,16,17,18,19). The Balaban J connectivity index is 2.35. The number of nitrogens with zero attached hydrogens (tertiary/aromatic N) is 3. The van der Waals surface area contributed by atoms with Gasteiger partial charge in [-0.3, -0.25) is 0 Å². The van der Waals surface area contributed by atoms with Crippen molar-refractivity contribution in [2.75, 3.05) is 31.0 Å². The molecule has 0 aliphatic rings. The fourth-order valence-electron chi connectivity index (χ4n) is 1.71. The Morgan fingerprint density at radius 2 is 2.00 bits per heavy atom. The van der Waals surface area contributed by atoms with Crippen LogP contribution in [0.15, 0.2) is 29.4 Å². The van der Waals surface area contributed by atoms with Crippen molar-refractivity contribution in [1.82, 2.24) is 9.97 Å². The number of hydrogen-bond donors (Lipinski definition) is 2. The SMILES string of the molecule is CNc1cc(Nc2ccc(C#N)cc2OC)nc(SC)n1. The van der Waals surface area contributed by atoms with Crippen molar-refractivity contribution in [2.45, 2.75) is 5.16 Å². The summed E-state index contributed by atoms with van der Waals surface area (Å²) in [6.07, 6.45) is 1.92. The zero-order valence-corrected chi connectivity index (χ0v) is 12.8. The average Bonchev–Trinajstić information content (AvgIpc) is 2.54. The highest BCUT2D eigenvalue weighted by Crippen LogP contribution is 2.29. The molecule has 0 atom stereocenters. The summed E-state index contributed by atoms with van der Waals surface area (Å²) in [5.74, 6) is 1.97. The van der Waals surface area contributed by atoms with Gasteiger partial charge in [-0.25, -0.2) is 9.97 Å². The van der Waals surface area contributed by atoms with Gasteiger partial charge in [0.2, 0.25) is 0 Å². The molecule has 2 N–H and O–H groups in total. The molecule has 0 amide bonds. The normalized spacial score (nSPS) is 9.81. The van der Waals surface area contributed by atoms with Gasteiger partial charge in [0.15, 0.2) is 5.16 Å². The van der Waals surface area contributed by atoms with E-state index in [1.807, 2.05) is 6.26 Å². The number of anilines is 3. The molecule has 0 bridgehead atoms. The van der Waals surface area contributed by atoms with Gasteiger partial charge in [-0.2, -0.15) is 5.26 Å². The number of thioether (sulfide) groups is 1. The first-order valence-corrected chi connectivity index (χ1v) is 7.38. The Morgan fingerprint density at radius 1 is 1.24 bits per heavy atom. The minimum atomic E-state index is 0.542. The van der Waals surface area contributed by atoms with Crippen molar-refractivity contribution >= 4 is 29.1 Å². The van der Waals surface area contributed by atoms with Crippen LogP contribution in [0.1, 0.15) is 5.56 Å². The highest BCUT2D eigenvalue weighted by Gasteiger charge is 2.08. The zero-order chi connectivity index (χ0) is 15.2. The van der Waals surface area contributed by atoms with Gasteiger partial charge in [-0.05, 0) is 18.4 Å². The van der Waals surface area contributed by atoms with Gasteiger partial charge in [-0.1, -0.05) is 11.8 Å². The summed E-state index contributed by atoms with van der Waals surface area (Å²) in [6, 6.07) is 9.08. The van der Waals surface area contributed by atoms with Gasteiger partial charge in [0.1, 0.15) is 17.4 Å². The Bertz CT molecular complexity index is 661. The lowest BCUT2D eigenvalue weighted by atomic mass is 10.2. The lowest BCUT2D eigenvalue weighted by molar-refractivity contribution is 0.416. The maximum Gasteiger partial charge on any atom is 0.191 e. The first-order valence-electron chi connectivity index (χ1n) is 6.16. The minimum absolute atomic E-state index is 0.542. The molecule has 7 heteroatoms. The Labute approximate surface area is 127 Å². The van der Waals surface area contributed by atoms with E-state index in [1.165, 1.54) is 11.8 Å². The molecule has 0 saturated carbocycles. The van der Waals surface area contributed by atoms with Crippen molar-refractivity contribution in [3.63, 3.8) is 0 Å². The van der Waals surface area contributed by atoms with Crippen LogP contribution < -0.4 is 15.4 Å². The summed E-state index contributed by atoms with van der Waals surface area (Å²) in [5.41, 5.74) is 1.28. The molecule has 1 aromatic carbocycles. The number of aromatic nitrogens is 2. The van der Waals surface area contributed by atoms with Crippen LogP contribution in [0.2, 0.25) is 0 Å². The zero-order valence-electron chi connectivity index (χ0n) is 12.0. The number of ether oxygens (including phenoxy) is 1. The van der Waals surface area contributed by atoms with Crippen molar-refractivity contribution in [3.8, 4) is 11.8 Å². The molecule has 2 aromatic rings. The summed E-state index contributed by atoms with van der Waals surface area (Å²) < 4.78 is 5.30. The Morgan fingerprint density at radius 3 is 2.62 bits per heavy atom. The number of hydrogen-bond acceptors (Lipinski definition) is 7. The number of nitriles is 1. The molecular formula is C14H15N5OS. The quantitative estimate of drug-likeness (QED) is 0.649. The molecule has 0 aliphatic heterocycles. The van der Waals surface area contributed by atoms with E-state index in [0.29, 0.717) is 22.3 Å². The van der Waals surface area contributed by atoms with Crippen molar-refractivity contribution < 1.29 is 4.74 Å². The van der Waals surface area contributed by atoms with E-state index in [9.17, 15) is 0 Å². The van der Waals surface area contributed by atoms with Gasteiger partial charge in [-0.15, -0.1) is 0 Å². The third-order valence-electron chi connectivity index (χ3n) is 2.74. The Hall–Kier alpha value is -2.46. The molecular weight excluding hydrogens is 286 g/mol. The van der Waals surface area contributed by atoms with E-state index < -0.39 is 0 Å². The van der Waals surface area contributed by atoms with Gasteiger partial charge in [0.05, 0.1) is 24.4 Å². The third-order valence-corrected chi connectivity index (χ3v) is 3.29. The minimum Gasteiger partial charge on any atom is -0.495 e. The van der Waals surface area contributed by atoms with Gasteiger partial charge < -0.3 is 15.4 Å². The second-order valence-corrected chi connectivity index (χ2v) is 4.80. The van der Waals surface area contributed by atoms with Gasteiger partial charge in [0.25, 0.3) is 0 Å². The summed E-state index contributed by atoms with van der Waals surface area (Å²) in [4.78, 5) is 8.70. The van der Waals surface area contributed by atoms with E-state index >= 15 is 0 Å². The van der Waals surface area contributed by atoms with Crippen LogP contribution in [0.4, 0.5) is 17.3 Å². The first kappa shape index (κ1) is 14.9. The topological polar surface area (TPSA) is 82.9 Å². The summed E-state index contributed by atoms with van der Waals surface area (Å²) in [5, 5.41) is 15.8. The lowest BCUT2D eigenvalue weighted by Crippen LogP contribution is -2.01. The highest BCUT2D eigenvalue weighted by atomic mass is 32.2. The van der Waals surface area contributed by atoms with Crippen molar-refractivity contribution in [3.05, 3.63) is 29.8 Å². The highest BCUT2D eigenvalue weighted by molar-refractivity contribution is 7.98. The smallest absolute Gasteiger partial charge is 0.191 e. The first-order chi connectivity index (χ1) is 10.2. The number of benzene rings is 1. The molecule has 21 heavy (non-hydrogen) atoms. The van der Waals surface area contributed by atoms with Crippen LogP contribution in [-0.2, 0) is 0 Å². The summed E-state index contributed by atoms with van der Waals surface area (Å²) in [7, 11) is 3.37. The number of rotatable bonds is 5. The van der Waals surface area contributed by atoms with E-state index in [0.717, 1.165) is 11.5 Å². The van der Waals surface area contributed by atoms with Crippen LogP contribution in [-0.4, -0.2) is 30.4 Å². The third kappa shape index (κ3) is 3.55. The maximum absolute atomic E-state index is 8.92. The van der Waals surface area contributed by atoms with E-state index in [1.54, 1.807) is 38.4 Å². The van der Waals surface area contributed by atoms with Crippen LogP contribution >= 0.6 is 11.8 Å². The molecule has 108 valence electrons. The number of nitrogens with one attached hydrogen (secondary N) is 2. The van der Waals surface area contributed by atoms with Crippen LogP contribution in [0.5, 0.6) is 5.75 Å². The molecule has 0 fully saturated rings.